The van der Waals surface area contributed by atoms with Crippen LogP contribution >= 0.6 is 23.7 Å². The summed E-state index contributed by atoms with van der Waals surface area (Å²) in [6, 6.07) is 3.61. The van der Waals surface area contributed by atoms with Gasteiger partial charge < -0.3 is 5.32 Å². The topological polar surface area (TPSA) is 58.2 Å². The molecule has 2 rings (SSSR count). The van der Waals surface area contributed by atoms with Gasteiger partial charge in [-0.1, -0.05) is 6.92 Å². The van der Waals surface area contributed by atoms with Gasteiger partial charge in [0.05, 0.1) is 0 Å². The zero-order valence-electron chi connectivity index (χ0n) is 10.3. The number of hydrogen-bond acceptors (Lipinski definition) is 4. The lowest BCUT2D eigenvalue weighted by Crippen LogP contribution is -2.45. The van der Waals surface area contributed by atoms with Gasteiger partial charge in [-0.2, -0.15) is 0 Å². The van der Waals surface area contributed by atoms with E-state index < -0.39 is 10.0 Å². The molecule has 7 heteroatoms. The van der Waals surface area contributed by atoms with Gasteiger partial charge in [-0.25, -0.2) is 13.1 Å². The minimum absolute atomic E-state index is 0. The van der Waals surface area contributed by atoms with E-state index in [0.29, 0.717) is 4.21 Å². The van der Waals surface area contributed by atoms with Crippen LogP contribution < -0.4 is 10.0 Å². The summed E-state index contributed by atoms with van der Waals surface area (Å²) in [4.78, 5) is 1.10. The number of sulfonamides is 1. The number of halogens is 1. The van der Waals surface area contributed by atoms with Crippen molar-refractivity contribution >= 4 is 33.8 Å². The minimum Gasteiger partial charge on any atom is -0.315 e. The van der Waals surface area contributed by atoms with Gasteiger partial charge in [-0.15, -0.1) is 23.7 Å². The number of thiophene rings is 1. The first-order chi connectivity index (χ1) is 8.12. The summed E-state index contributed by atoms with van der Waals surface area (Å²) in [5.74, 6) is 0. The molecule has 1 aromatic rings. The quantitative estimate of drug-likeness (QED) is 0.891. The lowest BCUT2D eigenvalue weighted by atomic mass is 10.1. The molecule has 1 atom stereocenters. The van der Waals surface area contributed by atoms with Gasteiger partial charge in [0, 0.05) is 17.5 Å². The van der Waals surface area contributed by atoms with Crippen LogP contribution in [0.4, 0.5) is 0 Å². The Bertz CT molecular complexity index is 467. The summed E-state index contributed by atoms with van der Waals surface area (Å²) < 4.78 is 27.4. The molecule has 0 saturated carbocycles. The minimum atomic E-state index is -3.32. The second-order valence-corrected chi connectivity index (χ2v) is 7.35. The highest BCUT2D eigenvalue weighted by atomic mass is 35.5. The zero-order chi connectivity index (χ0) is 12.3. The summed E-state index contributed by atoms with van der Waals surface area (Å²) in [7, 11) is -3.32. The third-order valence-electron chi connectivity index (χ3n) is 2.87. The van der Waals surface area contributed by atoms with Gasteiger partial charge in [-0.3, -0.25) is 0 Å². The molecule has 1 fully saturated rings. The fourth-order valence-corrected chi connectivity index (χ4v) is 4.51. The van der Waals surface area contributed by atoms with Crippen molar-refractivity contribution < 1.29 is 8.42 Å². The van der Waals surface area contributed by atoms with Crippen LogP contribution in [0.5, 0.6) is 0 Å². The van der Waals surface area contributed by atoms with Crippen LogP contribution in [0.1, 0.15) is 24.6 Å². The second-order valence-electron chi connectivity index (χ2n) is 4.24. The number of piperidine rings is 1. The Balaban J connectivity index is 0.00000162. The number of aryl methyl sites for hydroxylation is 1. The lowest BCUT2D eigenvalue weighted by molar-refractivity contribution is 0.429. The van der Waals surface area contributed by atoms with E-state index >= 15 is 0 Å². The third-order valence-corrected chi connectivity index (χ3v) is 6.11. The zero-order valence-corrected chi connectivity index (χ0v) is 12.8. The first-order valence-corrected chi connectivity index (χ1v) is 8.23. The highest BCUT2D eigenvalue weighted by Crippen LogP contribution is 2.22. The van der Waals surface area contributed by atoms with E-state index in [1.54, 1.807) is 6.07 Å². The number of hydrogen-bond donors (Lipinski definition) is 2. The fraction of sp³-hybridized carbons (Fsp3) is 0.636. The predicted molar refractivity (Wildman–Crippen MR) is 77.2 cm³/mol. The Labute approximate surface area is 119 Å². The molecule has 0 unspecified atom stereocenters. The molecule has 0 aliphatic carbocycles. The SMILES string of the molecule is CCc1ccc(S(=O)(=O)N[C@H]2CCCNC2)s1.Cl. The van der Waals surface area contributed by atoms with Gasteiger partial charge in [0.15, 0.2) is 0 Å². The van der Waals surface area contributed by atoms with Crippen molar-refractivity contribution in [3.05, 3.63) is 17.0 Å². The molecular formula is C11H19ClN2O2S2. The molecule has 0 bridgehead atoms. The van der Waals surface area contributed by atoms with Gasteiger partial charge in [0.2, 0.25) is 10.0 Å². The molecular weight excluding hydrogens is 292 g/mol. The Morgan fingerprint density at radius 3 is 2.83 bits per heavy atom. The molecule has 4 nitrogen and oxygen atoms in total. The highest BCUT2D eigenvalue weighted by molar-refractivity contribution is 7.91. The smallest absolute Gasteiger partial charge is 0.250 e. The maximum atomic E-state index is 12.1. The fourth-order valence-electron chi connectivity index (χ4n) is 1.92. The molecule has 1 saturated heterocycles. The van der Waals surface area contributed by atoms with Gasteiger partial charge in [0.1, 0.15) is 4.21 Å². The van der Waals surface area contributed by atoms with Crippen molar-refractivity contribution in [2.45, 2.75) is 36.4 Å². The van der Waals surface area contributed by atoms with Crippen LogP contribution in [0.25, 0.3) is 0 Å². The first kappa shape index (κ1) is 15.9. The van der Waals surface area contributed by atoms with E-state index in [1.807, 2.05) is 13.0 Å². The van der Waals surface area contributed by atoms with Crippen LogP contribution in [0.3, 0.4) is 0 Å². The standard InChI is InChI=1S/C11H18N2O2S2.ClH/c1-2-10-5-6-11(16-10)17(14,15)13-9-4-3-7-12-8-9;/h5-6,9,12-13H,2-4,7-8H2,1H3;1H/t9-;/m0./s1. The molecule has 2 heterocycles. The maximum absolute atomic E-state index is 12.1. The normalized spacial score (nSPS) is 20.4. The molecule has 1 aromatic heterocycles. The Kier molecular flexibility index (Phi) is 6.07. The molecule has 2 N–H and O–H groups in total. The van der Waals surface area contributed by atoms with E-state index in [1.165, 1.54) is 11.3 Å². The highest BCUT2D eigenvalue weighted by Gasteiger charge is 2.22. The number of rotatable bonds is 4. The summed E-state index contributed by atoms with van der Waals surface area (Å²) in [6.45, 7) is 3.74. The van der Waals surface area contributed by atoms with Crippen LogP contribution in [0, 0.1) is 0 Å². The van der Waals surface area contributed by atoms with Gasteiger partial charge in [0.25, 0.3) is 0 Å². The first-order valence-electron chi connectivity index (χ1n) is 5.93. The maximum Gasteiger partial charge on any atom is 0.250 e. The monoisotopic (exact) mass is 310 g/mol. The van der Waals surface area contributed by atoms with Crippen molar-refractivity contribution in [3.8, 4) is 0 Å². The van der Waals surface area contributed by atoms with Crippen molar-refractivity contribution in [1.82, 2.24) is 10.0 Å². The van der Waals surface area contributed by atoms with E-state index in [4.69, 9.17) is 0 Å². The van der Waals surface area contributed by atoms with E-state index in [-0.39, 0.29) is 18.4 Å². The Morgan fingerprint density at radius 1 is 1.50 bits per heavy atom. The lowest BCUT2D eigenvalue weighted by Gasteiger charge is -2.23. The third kappa shape index (κ3) is 3.93. The van der Waals surface area contributed by atoms with Gasteiger partial charge >= 0.3 is 0 Å². The summed E-state index contributed by atoms with van der Waals surface area (Å²) in [5, 5.41) is 3.20. The molecule has 104 valence electrons. The average Bonchev–Trinajstić information content (AvgIpc) is 2.79. The Hall–Kier alpha value is -0.140. The second kappa shape index (κ2) is 6.86. The summed E-state index contributed by atoms with van der Waals surface area (Å²) >= 11 is 1.36. The summed E-state index contributed by atoms with van der Waals surface area (Å²) in [6.07, 6.45) is 2.82. The van der Waals surface area contributed by atoms with Crippen molar-refractivity contribution in [3.63, 3.8) is 0 Å². The number of nitrogens with one attached hydrogen (secondary N) is 2. The van der Waals surface area contributed by atoms with Crippen molar-refractivity contribution in [2.75, 3.05) is 13.1 Å². The molecule has 0 spiro atoms. The van der Waals surface area contributed by atoms with E-state index in [0.717, 1.165) is 37.2 Å². The average molecular weight is 311 g/mol. The molecule has 1 aliphatic heterocycles. The largest absolute Gasteiger partial charge is 0.315 e. The predicted octanol–water partition coefficient (Wildman–Crippen LogP) is 1.76. The van der Waals surface area contributed by atoms with Crippen LogP contribution in [-0.4, -0.2) is 27.5 Å². The Morgan fingerprint density at radius 2 is 2.28 bits per heavy atom. The van der Waals surface area contributed by atoms with E-state index in [9.17, 15) is 8.42 Å². The van der Waals surface area contributed by atoms with Gasteiger partial charge in [-0.05, 0) is 37.9 Å². The van der Waals surface area contributed by atoms with E-state index in [2.05, 4.69) is 10.0 Å². The molecule has 0 radical (unpaired) electrons. The molecule has 1 aliphatic rings. The molecule has 18 heavy (non-hydrogen) atoms. The van der Waals surface area contributed by atoms with Crippen LogP contribution in [-0.2, 0) is 16.4 Å². The van der Waals surface area contributed by atoms with Crippen LogP contribution in [0.15, 0.2) is 16.3 Å². The summed E-state index contributed by atoms with van der Waals surface area (Å²) in [5.41, 5.74) is 0. The molecule has 0 amide bonds. The molecule has 0 aromatic carbocycles. The van der Waals surface area contributed by atoms with Crippen molar-refractivity contribution in [1.29, 1.82) is 0 Å². The van der Waals surface area contributed by atoms with Crippen LogP contribution in [0.2, 0.25) is 0 Å². The van der Waals surface area contributed by atoms with Crippen molar-refractivity contribution in [2.24, 2.45) is 0 Å².